The van der Waals surface area contributed by atoms with Gasteiger partial charge in [0.05, 0.1) is 18.2 Å². The van der Waals surface area contributed by atoms with Crippen molar-refractivity contribution in [2.75, 3.05) is 33.5 Å². The highest BCUT2D eigenvalue weighted by molar-refractivity contribution is 14.1. The zero-order valence-corrected chi connectivity index (χ0v) is 18.4. The number of rotatable bonds is 5. The minimum Gasteiger partial charge on any atom is -0.507 e. The van der Waals surface area contributed by atoms with E-state index in [1.165, 1.54) is 12.0 Å². The van der Waals surface area contributed by atoms with E-state index in [9.17, 15) is 14.7 Å². The summed E-state index contributed by atoms with van der Waals surface area (Å²) in [4.78, 5) is 27.1. The number of likely N-dealkylation sites (tertiary alicyclic amines) is 1. The number of fused-ring (bicyclic) bond motifs is 1. The largest absolute Gasteiger partial charge is 0.507 e. The molecule has 7 nitrogen and oxygen atoms in total. The first-order chi connectivity index (χ1) is 14.5. The average Bonchev–Trinajstić information content (AvgIpc) is 3.02. The van der Waals surface area contributed by atoms with Crippen molar-refractivity contribution >= 4 is 40.0 Å². The van der Waals surface area contributed by atoms with Crippen LogP contribution >= 0.6 is 22.6 Å². The lowest BCUT2D eigenvalue weighted by atomic mass is 9.95. The number of methoxy groups -OCH3 is 1. The quantitative estimate of drug-likeness (QED) is 0.282. The monoisotopic (exact) mass is 521 g/mol. The van der Waals surface area contributed by atoms with E-state index in [-0.39, 0.29) is 24.5 Å². The summed E-state index contributed by atoms with van der Waals surface area (Å²) in [7, 11) is 1.53. The highest BCUT2D eigenvalue weighted by Gasteiger charge is 2.45. The molecular formula is C22H20INO6. The van der Waals surface area contributed by atoms with Gasteiger partial charge in [-0.25, -0.2) is 0 Å². The summed E-state index contributed by atoms with van der Waals surface area (Å²) < 4.78 is 17.2. The van der Waals surface area contributed by atoms with E-state index >= 15 is 0 Å². The number of hydrogen-bond acceptors (Lipinski definition) is 6. The molecule has 8 heteroatoms. The summed E-state index contributed by atoms with van der Waals surface area (Å²) in [5.74, 6) is -0.553. The van der Waals surface area contributed by atoms with Crippen LogP contribution in [0.3, 0.4) is 0 Å². The Hall–Kier alpha value is -2.59. The van der Waals surface area contributed by atoms with Crippen molar-refractivity contribution in [3.63, 3.8) is 0 Å². The molecule has 1 saturated heterocycles. The smallest absolute Gasteiger partial charge is 0.295 e. The number of aliphatic hydroxyl groups excluding tert-OH is 1. The Morgan fingerprint density at radius 1 is 1.13 bits per heavy atom. The Kier molecular flexibility index (Phi) is 5.96. The van der Waals surface area contributed by atoms with Crippen molar-refractivity contribution in [1.82, 2.24) is 4.90 Å². The lowest BCUT2D eigenvalue weighted by molar-refractivity contribution is -0.140. The Morgan fingerprint density at radius 2 is 1.83 bits per heavy atom. The lowest BCUT2D eigenvalue weighted by Gasteiger charge is -2.25. The molecule has 4 rings (SSSR count). The average molecular weight is 521 g/mol. The maximum atomic E-state index is 12.9. The van der Waals surface area contributed by atoms with Crippen molar-refractivity contribution in [3.8, 4) is 11.5 Å². The molecule has 1 amide bonds. The molecule has 1 atom stereocenters. The van der Waals surface area contributed by atoms with Crippen LogP contribution in [0.5, 0.6) is 11.5 Å². The standard InChI is InChI=1S/C22H20INO6/c1-28-9-8-24-19(13-2-5-15(23)6-3-13)18(21(26)22(24)27)20(25)14-4-7-16-17(12-14)30-11-10-29-16/h2-7,12,19,25H,8-11H2,1H3/b20-18+. The molecule has 1 unspecified atom stereocenters. The van der Waals surface area contributed by atoms with Crippen molar-refractivity contribution in [1.29, 1.82) is 0 Å². The number of benzene rings is 2. The second kappa shape index (κ2) is 8.65. The van der Waals surface area contributed by atoms with Gasteiger partial charge in [0.15, 0.2) is 11.5 Å². The van der Waals surface area contributed by atoms with E-state index in [2.05, 4.69) is 22.6 Å². The summed E-state index contributed by atoms with van der Waals surface area (Å²) in [6.45, 7) is 1.37. The minimum atomic E-state index is -0.720. The Bertz CT molecular complexity index is 1020. The van der Waals surface area contributed by atoms with E-state index in [1.54, 1.807) is 18.2 Å². The Morgan fingerprint density at radius 3 is 2.53 bits per heavy atom. The first-order valence-corrected chi connectivity index (χ1v) is 10.5. The molecule has 30 heavy (non-hydrogen) atoms. The van der Waals surface area contributed by atoms with Gasteiger partial charge in [-0.3, -0.25) is 9.59 Å². The Balaban J connectivity index is 1.82. The van der Waals surface area contributed by atoms with Gasteiger partial charge in [0.25, 0.3) is 11.7 Å². The maximum absolute atomic E-state index is 12.9. The molecule has 2 aromatic rings. The van der Waals surface area contributed by atoms with Crippen molar-refractivity contribution in [3.05, 3.63) is 62.7 Å². The number of carbonyl (C=O) groups excluding carboxylic acids is 2. The topological polar surface area (TPSA) is 85.3 Å². The summed E-state index contributed by atoms with van der Waals surface area (Å²) >= 11 is 2.19. The van der Waals surface area contributed by atoms with Gasteiger partial charge in [0.2, 0.25) is 0 Å². The van der Waals surface area contributed by atoms with Crippen LogP contribution in [0.2, 0.25) is 0 Å². The molecule has 2 aliphatic rings. The number of carbonyl (C=O) groups is 2. The van der Waals surface area contributed by atoms with Crippen molar-refractivity contribution in [2.24, 2.45) is 0 Å². The third-order valence-electron chi connectivity index (χ3n) is 5.08. The highest BCUT2D eigenvalue weighted by atomic mass is 127. The third-order valence-corrected chi connectivity index (χ3v) is 5.80. The Labute approximate surface area is 187 Å². The molecule has 0 aromatic heterocycles. The molecule has 2 aromatic carbocycles. The van der Waals surface area contributed by atoms with Gasteiger partial charge in [-0.2, -0.15) is 0 Å². The fourth-order valence-electron chi connectivity index (χ4n) is 3.64. The molecule has 0 spiro atoms. The predicted molar refractivity (Wildman–Crippen MR) is 117 cm³/mol. The number of hydrogen-bond donors (Lipinski definition) is 1. The zero-order chi connectivity index (χ0) is 21.3. The van der Waals surface area contributed by atoms with Crippen LogP contribution < -0.4 is 9.47 Å². The van der Waals surface area contributed by atoms with Gasteiger partial charge >= 0.3 is 0 Å². The van der Waals surface area contributed by atoms with Crippen molar-refractivity contribution in [2.45, 2.75) is 6.04 Å². The van der Waals surface area contributed by atoms with Gasteiger partial charge in [-0.05, 0) is 58.5 Å². The number of ether oxygens (including phenoxy) is 3. The number of amides is 1. The van der Waals surface area contributed by atoms with E-state index in [0.29, 0.717) is 30.3 Å². The molecule has 1 N–H and O–H groups in total. The predicted octanol–water partition coefficient (Wildman–Crippen LogP) is 3.13. The molecule has 1 fully saturated rings. The first kappa shape index (κ1) is 20.7. The van der Waals surface area contributed by atoms with Gasteiger partial charge in [0.1, 0.15) is 19.0 Å². The van der Waals surface area contributed by atoms with Crippen LogP contribution in [0, 0.1) is 3.57 Å². The molecule has 0 radical (unpaired) electrons. The van der Waals surface area contributed by atoms with Gasteiger partial charge in [-0.15, -0.1) is 0 Å². The fourth-order valence-corrected chi connectivity index (χ4v) is 4.00. The molecule has 0 bridgehead atoms. The lowest BCUT2D eigenvalue weighted by Crippen LogP contribution is -2.32. The van der Waals surface area contributed by atoms with E-state index in [1.807, 2.05) is 24.3 Å². The molecule has 0 saturated carbocycles. The summed E-state index contributed by atoms with van der Waals surface area (Å²) in [6.07, 6.45) is 0. The number of halogens is 1. The number of Topliss-reactive ketones (excluding diaryl/α,β-unsaturated/α-hetero) is 1. The van der Waals surface area contributed by atoms with E-state index < -0.39 is 17.7 Å². The maximum Gasteiger partial charge on any atom is 0.295 e. The van der Waals surface area contributed by atoms with E-state index in [4.69, 9.17) is 14.2 Å². The number of nitrogens with zero attached hydrogens (tertiary/aromatic N) is 1. The van der Waals surface area contributed by atoms with Crippen LogP contribution in [-0.2, 0) is 14.3 Å². The van der Waals surface area contributed by atoms with Crippen molar-refractivity contribution < 1.29 is 28.9 Å². The van der Waals surface area contributed by atoms with Crippen LogP contribution in [0.25, 0.3) is 5.76 Å². The molecule has 2 aliphatic heterocycles. The SMILES string of the molecule is COCCN1C(=O)C(=O)/C(=C(/O)c2ccc3c(c2)OCCO3)C1c1ccc(I)cc1. The van der Waals surface area contributed by atoms with Crippen LogP contribution in [0.15, 0.2) is 48.0 Å². The van der Waals surface area contributed by atoms with Gasteiger partial charge in [0, 0.05) is 22.8 Å². The fraction of sp³-hybridized carbons (Fsp3) is 0.273. The van der Waals surface area contributed by atoms with Gasteiger partial charge < -0.3 is 24.2 Å². The number of aliphatic hydroxyl groups is 1. The van der Waals surface area contributed by atoms with Gasteiger partial charge in [-0.1, -0.05) is 12.1 Å². The minimum absolute atomic E-state index is 0.0500. The number of ketones is 1. The summed E-state index contributed by atoms with van der Waals surface area (Å²) in [5, 5.41) is 11.1. The summed E-state index contributed by atoms with van der Waals surface area (Å²) in [5.41, 5.74) is 1.18. The molecule has 156 valence electrons. The van der Waals surface area contributed by atoms with Crippen LogP contribution in [0.1, 0.15) is 17.2 Å². The summed E-state index contributed by atoms with van der Waals surface area (Å²) in [6, 6.07) is 11.8. The zero-order valence-electron chi connectivity index (χ0n) is 16.3. The molecule has 0 aliphatic carbocycles. The molecule has 2 heterocycles. The van der Waals surface area contributed by atoms with Crippen LogP contribution in [-0.4, -0.2) is 55.2 Å². The highest BCUT2D eigenvalue weighted by Crippen LogP contribution is 2.41. The normalized spacial score (nSPS) is 19.9. The second-order valence-corrected chi connectivity index (χ2v) is 8.14. The third kappa shape index (κ3) is 3.77. The molecular weight excluding hydrogens is 501 g/mol. The van der Waals surface area contributed by atoms with Crippen LogP contribution in [0.4, 0.5) is 0 Å². The van der Waals surface area contributed by atoms with E-state index in [0.717, 1.165) is 9.13 Å². The first-order valence-electron chi connectivity index (χ1n) is 9.44. The second-order valence-electron chi connectivity index (χ2n) is 6.90.